The summed E-state index contributed by atoms with van der Waals surface area (Å²) in [6.45, 7) is 6.75. The number of anilines is 1. The summed E-state index contributed by atoms with van der Waals surface area (Å²) < 4.78 is 5.25. The van der Waals surface area contributed by atoms with Crippen molar-refractivity contribution in [2.24, 2.45) is 0 Å². The molecule has 1 fully saturated rings. The van der Waals surface area contributed by atoms with Gasteiger partial charge in [-0.15, -0.1) is 0 Å². The number of methoxy groups -OCH3 is 1. The van der Waals surface area contributed by atoms with Gasteiger partial charge >= 0.3 is 0 Å². The Kier molecular flexibility index (Phi) is 6.09. The van der Waals surface area contributed by atoms with E-state index in [9.17, 15) is 4.79 Å². The average Bonchev–Trinajstić information content (AvgIpc) is 2.81. The molecule has 0 radical (unpaired) electrons. The second-order valence-electron chi connectivity index (χ2n) is 7.60. The molecule has 0 aliphatic carbocycles. The van der Waals surface area contributed by atoms with E-state index in [0.29, 0.717) is 48.3 Å². The van der Waals surface area contributed by atoms with E-state index in [0.717, 1.165) is 22.6 Å². The number of amides is 1. The fourth-order valence-electron chi connectivity index (χ4n) is 3.71. The standard InChI is InChI=1S/C24H25ClN4O2/c1-16-17(2)26-22(18-7-9-20(25)10-8-18)27-23(16)28-11-13-29(14-12-28)24(30)19-5-4-6-21(15-19)31-3/h4-10,15H,11-14H2,1-3H3. The molecule has 0 N–H and O–H groups in total. The Balaban J connectivity index is 1.52. The second kappa shape index (κ2) is 8.94. The molecular formula is C24H25ClN4O2. The van der Waals surface area contributed by atoms with Crippen LogP contribution in [0.1, 0.15) is 21.6 Å². The van der Waals surface area contributed by atoms with Crippen LogP contribution in [0.15, 0.2) is 48.5 Å². The van der Waals surface area contributed by atoms with Gasteiger partial charge < -0.3 is 14.5 Å². The fraction of sp³-hybridized carbons (Fsp3) is 0.292. The van der Waals surface area contributed by atoms with Crippen LogP contribution in [0, 0.1) is 13.8 Å². The molecule has 1 amide bonds. The van der Waals surface area contributed by atoms with Gasteiger partial charge in [0.05, 0.1) is 7.11 Å². The van der Waals surface area contributed by atoms with Crippen LogP contribution in [0.3, 0.4) is 0 Å². The second-order valence-corrected chi connectivity index (χ2v) is 8.04. The molecule has 3 aromatic rings. The number of carbonyl (C=O) groups excluding carboxylic acids is 1. The predicted octanol–water partition coefficient (Wildman–Crippen LogP) is 4.38. The number of piperazine rings is 1. The number of benzene rings is 2. The molecule has 31 heavy (non-hydrogen) atoms. The summed E-state index contributed by atoms with van der Waals surface area (Å²) >= 11 is 6.02. The van der Waals surface area contributed by atoms with Gasteiger partial charge in [0.25, 0.3) is 5.91 Å². The Hall–Kier alpha value is -3.12. The lowest BCUT2D eigenvalue weighted by Crippen LogP contribution is -2.49. The van der Waals surface area contributed by atoms with Crippen molar-refractivity contribution in [1.29, 1.82) is 0 Å². The molecule has 0 unspecified atom stereocenters. The van der Waals surface area contributed by atoms with Crippen molar-refractivity contribution >= 4 is 23.3 Å². The summed E-state index contributed by atoms with van der Waals surface area (Å²) in [5, 5.41) is 0.685. The van der Waals surface area contributed by atoms with E-state index in [4.69, 9.17) is 21.3 Å². The molecule has 160 valence electrons. The third-order valence-corrected chi connectivity index (χ3v) is 5.90. The van der Waals surface area contributed by atoms with E-state index in [-0.39, 0.29) is 5.91 Å². The number of halogens is 1. The molecule has 0 bridgehead atoms. The molecule has 2 heterocycles. The molecular weight excluding hydrogens is 412 g/mol. The molecule has 2 aromatic carbocycles. The smallest absolute Gasteiger partial charge is 0.254 e. The van der Waals surface area contributed by atoms with Crippen molar-refractivity contribution in [2.45, 2.75) is 13.8 Å². The van der Waals surface area contributed by atoms with Gasteiger partial charge in [-0.05, 0) is 56.3 Å². The van der Waals surface area contributed by atoms with Crippen LogP contribution < -0.4 is 9.64 Å². The molecule has 0 saturated carbocycles. The van der Waals surface area contributed by atoms with Crippen LogP contribution in [0.5, 0.6) is 5.75 Å². The number of aryl methyl sites for hydroxylation is 1. The molecule has 1 aliphatic rings. The normalized spacial score (nSPS) is 13.9. The maximum absolute atomic E-state index is 12.9. The minimum Gasteiger partial charge on any atom is -0.497 e. The fourth-order valence-corrected chi connectivity index (χ4v) is 3.84. The van der Waals surface area contributed by atoms with Crippen LogP contribution >= 0.6 is 11.6 Å². The number of aromatic nitrogens is 2. The van der Waals surface area contributed by atoms with E-state index < -0.39 is 0 Å². The Morgan fingerprint density at radius 2 is 1.71 bits per heavy atom. The van der Waals surface area contributed by atoms with Crippen molar-refractivity contribution in [1.82, 2.24) is 14.9 Å². The topological polar surface area (TPSA) is 58.6 Å². The first-order chi connectivity index (χ1) is 15.0. The Bertz CT molecular complexity index is 1090. The van der Waals surface area contributed by atoms with E-state index in [1.807, 2.05) is 61.2 Å². The van der Waals surface area contributed by atoms with Gasteiger partial charge in [-0.1, -0.05) is 17.7 Å². The van der Waals surface area contributed by atoms with Gasteiger partial charge in [0, 0.05) is 53.6 Å². The summed E-state index contributed by atoms with van der Waals surface area (Å²) in [5.41, 5.74) is 3.59. The summed E-state index contributed by atoms with van der Waals surface area (Å²) in [6.07, 6.45) is 0. The largest absolute Gasteiger partial charge is 0.497 e. The number of rotatable bonds is 4. The number of hydrogen-bond donors (Lipinski definition) is 0. The van der Waals surface area contributed by atoms with Crippen LogP contribution in [0.4, 0.5) is 5.82 Å². The quantitative estimate of drug-likeness (QED) is 0.607. The van der Waals surface area contributed by atoms with E-state index in [1.165, 1.54) is 0 Å². The lowest BCUT2D eigenvalue weighted by atomic mass is 10.1. The Morgan fingerprint density at radius 1 is 1.00 bits per heavy atom. The number of ether oxygens (including phenoxy) is 1. The van der Waals surface area contributed by atoms with Crippen molar-refractivity contribution in [3.8, 4) is 17.1 Å². The first-order valence-corrected chi connectivity index (χ1v) is 10.6. The molecule has 1 aromatic heterocycles. The highest BCUT2D eigenvalue weighted by Gasteiger charge is 2.25. The van der Waals surface area contributed by atoms with Gasteiger partial charge in [-0.25, -0.2) is 9.97 Å². The highest BCUT2D eigenvalue weighted by Crippen LogP contribution is 2.26. The van der Waals surface area contributed by atoms with Crippen molar-refractivity contribution in [3.63, 3.8) is 0 Å². The molecule has 1 aliphatic heterocycles. The Labute approximate surface area is 187 Å². The number of nitrogens with zero attached hydrogens (tertiary/aromatic N) is 4. The minimum absolute atomic E-state index is 0.0241. The molecule has 7 heteroatoms. The van der Waals surface area contributed by atoms with Gasteiger partial charge in [-0.3, -0.25) is 4.79 Å². The lowest BCUT2D eigenvalue weighted by Gasteiger charge is -2.36. The summed E-state index contributed by atoms with van der Waals surface area (Å²) in [5.74, 6) is 2.32. The lowest BCUT2D eigenvalue weighted by molar-refractivity contribution is 0.0746. The van der Waals surface area contributed by atoms with Crippen LogP contribution in [-0.4, -0.2) is 54.1 Å². The zero-order chi connectivity index (χ0) is 22.0. The van der Waals surface area contributed by atoms with Gasteiger partial charge in [-0.2, -0.15) is 0 Å². The third-order valence-electron chi connectivity index (χ3n) is 5.65. The monoisotopic (exact) mass is 436 g/mol. The molecule has 6 nitrogen and oxygen atoms in total. The summed E-state index contributed by atoms with van der Waals surface area (Å²) in [4.78, 5) is 26.6. The molecule has 1 saturated heterocycles. The van der Waals surface area contributed by atoms with Gasteiger partial charge in [0.15, 0.2) is 5.82 Å². The number of hydrogen-bond acceptors (Lipinski definition) is 5. The van der Waals surface area contributed by atoms with Gasteiger partial charge in [0.1, 0.15) is 11.6 Å². The number of carbonyl (C=O) groups is 1. The maximum atomic E-state index is 12.9. The van der Waals surface area contributed by atoms with E-state index in [2.05, 4.69) is 9.88 Å². The van der Waals surface area contributed by atoms with Crippen LogP contribution in [0.25, 0.3) is 11.4 Å². The SMILES string of the molecule is COc1cccc(C(=O)N2CCN(c3nc(-c4ccc(Cl)cc4)nc(C)c3C)CC2)c1. The highest BCUT2D eigenvalue weighted by molar-refractivity contribution is 6.30. The highest BCUT2D eigenvalue weighted by atomic mass is 35.5. The minimum atomic E-state index is 0.0241. The first kappa shape index (κ1) is 21.1. The summed E-state index contributed by atoms with van der Waals surface area (Å²) in [7, 11) is 1.60. The third kappa shape index (κ3) is 4.49. The molecule has 4 rings (SSSR count). The first-order valence-electron chi connectivity index (χ1n) is 10.3. The average molecular weight is 437 g/mol. The summed E-state index contributed by atoms with van der Waals surface area (Å²) in [6, 6.07) is 14.8. The van der Waals surface area contributed by atoms with E-state index >= 15 is 0 Å². The predicted molar refractivity (Wildman–Crippen MR) is 123 cm³/mol. The van der Waals surface area contributed by atoms with Crippen molar-refractivity contribution in [2.75, 3.05) is 38.2 Å². The Morgan fingerprint density at radius 3 is 2.39 bits per heavy atom. The molecule has 0 atom stereocenters. The maximum Gasteiger partial charge on any atom is 0.254 e. The van der Waals surface area contributed by atoms with Crippen molar-refractivity contribution < 1.29 is 9.53 Å². The zero-order valence-electron chi connectivity index (χ0n) is 17.9. The van der Waals surface area contributed by atoms with E-state index in [1.54, 1.807) is 13.2 Å². The van der Waals surface area contributed by atoms with Crippen LogP contribution in [0.2, 0.25) is 5.02 Å². The van der Waals surface area contributed by atoms with Gasteiger partial charge in [0.2, 0.25) is 0 Å². The zero-order valence-corrected chi connectivity index (χ0v) is 18.7. The van der Waals surface area contributed by atoms with Crippen LogP contribution in [-0.2, 0) is 0 Å². The molecule has 0 spiro atoms. The van der Waals surface area contributed by atoms with Crippen molar-refractivity contribution in [3.05, 3.63) is 70.4 Å².